The number of aromatic nitrogens is 1. The summed E-state index contributed by atoms with van der Waals surface area (Å²) in [6, 6.07) is 5.24. The number of carbonyl (C=O) groups is 1. The number of carbonyl (C=O) groups excluding carboxylic acids is 1. The summed E-state index contributed by atoms with van der Waals surface area (Å²) in [6.07, 6.45) is -0.0423. The van der Waals surface area contributed by atoms with Gasteiger partial charge in [0.05, 0.1) is 22.1 Å². The van der Waals surface area contributed by atoms with Crippen molar-refractivity contribution in [3.05, 3.63) is 50.5 Å². The van der Waals surface area contributed by atoms with Gasteiger partial charge < -0.3 is 4.74 Å². The highest BCUT2D eigenvalue weighted by Crippen LogP contribution is 2.20. The Balaban J connectivity index is 1.99. The summed E-state index contributed by atoms with van der Waals surface area (Å²) in [7, 11) is 0. The SMILES string of the molecule is O=C(Cc1nscc1Cl)Oc1ccc([N+](=O)[O-])cc1. The van der Waals surface area contributed by atoms with Crippen LogP contribution in [0.4, 0.5) is 5.69 Å². The predicted molar refractivity (Wildman–Crippen MR) is 69.6 cm³/mol. The van der Waals surface area contributed by atoms with Gasteiger partial charge in [-0.3, -0.25) is 14.9 Å². The molecule has 1 aromatic carbocycles. The van der Waals surface area contributed by atoms with Crippen LogP contribution >= 0.6 is 23.1 Å². The Morgan fingerprint density at radius 2 is 2.11 bits per heavy atom. The fourth-order valence-electron chi connectivity index (χ4n) is 1.30. The van der Waals surface area contributed by atoms with Crippen molar-refractivity contribution in [2.45, 2.75) is 6.42 Å². The molecule has 0 radical (unpaired) electrons. The molecule has 8 heteroatoms. The van der Waals surface area contributed by atoms with Gasteiger partial charge in [-0.05, 0) is 23.7 Å². The fraction of sp³-hybridized carbons (Fsp3) is 0.0909. The van der Waals surface area contributed by atoms with E-state index in [1.165, 1.54) is 24.3 Å². The lowest BCUT2D eigenvalue weighted by molar-refractivity contribution is -0.384. The predicted octanol–water partition coefficient (Wildman–Crippen LogP) is 2.85. The average molecular weight is 299 g/mol. The second kappa shape index (κ2) is 5.77. The molecule has 0 saturated heterocycles. The first kappa shape index (κ1) is 13.4. The average Bonchev–Trinajstić information content (AvgIpc) is 2.75. The minimum atomic E-state index is -0.527. The summed E-state index contributed by atoms with van der Waals surface area (Å²) in [6.45, 7) is 0. The Labute approximate surface area is 116 Å². The van der Waals surface area contributed by atoms with Gasteiger partial charge in [-0.15, -0.1) is 0 Å². The van der Waals surface area contributed by atoms with Crippen LogP contribution in [0, 0.1) is 10.1 Å². The Morgan fingerprint density at radius 1 is 1.42 bits per heavy atom. The number of nitro groups is 1. The third-order valence-corrected chi connectivity index (χ3v) is 3.31. The smallest absolute Gasteiger partial charge is 0.317 e. The highest BCUT2D eigenvalue weighted by Gasteiger charge is 2.12. The first-order chi connectivity index (χ1) is 9.06. The van der Waals surface area contributed by atoms with Gasteiger partial charge >= 0.3 is 5.97 Å². The highest BCUT2D eigenvalue weighted by molar-refractivity contribution is 7.04. The monoisotopic (exact) mass is 298 g/mol. The van der Waals surface area contributed by atoms with Gasteiger partial charge in [0.1, 0.15) is 5.75 Å². The number of nitrogens with zero attached hydrogens (tertiary/aromatic N) is 2. The molecule has 0 spiro atoms. The van der Waals surface area contributed by atoms with E-state index in [0.717, 1.165) is 11.5 Å². The summed E-state index contributed by atoms with van der Waals surface area (Å²) < 4.78 is 8.98. The zero-order chi connectivity index (χ0) is 13.8. The van der Waals surface area contributed by atoms with Crippen LogP contribution in [-0.2, 0) is 11.2 Å². The van der Waals surface area contributed by atoms with E-state index in [-0.39, 0.29) is 17.9 Å². The minimum absolute atomic E-state index is 0.0423. The van der Waals surface area contributed by atoms with Gasteiger partial charge in [0, 0.05) is 17.5 Å². The second-order valence-electron chi connectivity index (χ2n) is 3.51. The van der Waals surface area contributed by atoms with E-state index >= 15 is 0 Å². The normalized spacial score (nSPS) is 10.2. The standard InChI is InChI=1S/C11H7ClN2O4S/c12-9-6-19-13-10(9)5-11(15)18-8-3-1-7(2-4-8)14(16)17/h1-4,6H,5H2. The topological polar surface area (TPSA) is 82.3 Å². The first-order valence-electron chi connectivity index (χ1n) is 5.10. The number of non-ortho nitro benzene ring substituents is 1. The van der Waals surface area contributed by atoms with Crippen LogP contribution in [0.3, 0.4) is 0 Å². The van der Waals surface area contributed by atoms with Crippen LogP contribution in [0.5, 0.6) is 5.75 Å². The Hall–Kier alpha value is -1.99. The van der Waals surface area contributed by atoms with Crippen molar-refractivity contribution in [1.29, 1.82) is 0 Å². The van der Waals surface area contributed by atoms with E-state index < -0.39 is 10.9 Å². The molecule has 6 nitrogen and oxygen atoms in total. The van der Waals surface area contributed by atoms with Crippen LogP contribution < -0.4 is 4.74 Å². The highest BCUT2D eigenvalue weighted by atomic mass is 35.5. The van der Waals surface area contributed by atoms with Crippen LogP contribution in [-0.4, -0.2) is 15.3 Å². The van der Waals surface area contributed by atoms with Crippen molar-refractivity contribution >= 4 is 34.8 Å². The molecule has 2 aromatic rings. The maximum absolute atomic E-state index is 11.6. The third kappa shape index (κ3) is 3.49. The summed E-state index contributed by atoms with van der Waals surface area (Å²) in [5.41, 5.74) is 0.390. The summed E-state index contributed by atoms with van der Waals surface area (Å²) in [4.78, 5) is 21.5. The Kier molecular flexibility index (Phi) is 4.08. The van der Waals surface area contributed by atoms with Crippen molar-refractivity contribution in [2.75, 3.05) is 0 Å². The zero-order valence-corrected chi connectivity index (χ0v) is 11.0. The minimum Gasteiger partial charge on any atom is -0.426 e. The molecule has 0 fully saturated rings. The molecule has 0 aliphatic carbocycles. The molecule has 0 unspecified atom stereocenters. The molecule has 0 bridgehead atoms. The third-order valence-electron chi connectivity index (χ3n) is 2.19. The van der Waals surface area contributed by atoms with Crippen molar-refractivity contribution in [3.63, 3.8) is 0 Å². The second-order valence-corrected chi connectivity index (χ2v) is 4.55. The van der Waals surface area contributed by atoms with Crippen molar-refractivity contribution in [3.8, 4) is 5.75 Å². The quantitative estimate of drug-likeness (QED) is 0.375. The number of hydrogen-bond acceptors (Lipinski definition) is 6. The first-order valence-corrected chi connectivity index (χ1v) is 6.31. The fourth-order valence-corrected chi connectivity index (χ4v) is 2.15. The van der Waals surface area contributed by atoms with E-state index in [1.807, 2.05) is 0 Å². The molecule has 0 amide bonds. The number of halogens is 1. The number of nitro benzene ring substituents is 1. The van der Waals surface area contributed by atoms with Crippen LogP contribution in [0.1, 0.15) is 5.69 Å². The number of benzene rings is 1. The summed E-state index contributed by atoms with van der Waals surface area (Å²) in [5, 5.41) is 12.5. The van der Waals surface area contributed by atoms with Crippen LogP contribution in [0.25, 0.3) is 0 Å². The van der Waals surface area contributed by atoms with Gasteiger partial charge in [0.15, 0.2) is 0 Å². The number of hydrogen-bond donors (Lipinski definition) is 0. The van der Waals surface area contributed by atoms with E-state index in [4.69, 9.17) is 16.3 Å². The Morgan fingerprint density at radius 3 is 2.63 bits per heavy atom. The van der Waals surface area contributed by atoms with Crippen molar-refractivity contribution < 1.29 is 14.5 Å². The van der Waals surface area contributed by atoms with Gasteiger partial charge in [0.2, 0.25) is 0 Å². The molecule has 98 valence electrons. The molecule has 19 heavy (non-hydrogen) atoms. The van der Waals surface area contributed by atoms with Crippen LogP contribution in [0.15, 0.2) is 29.6 Å². The van der Waals surface area contributed by atoms with Crippen molar-refractivity contribution in [2.24, 2.45) is 0 Å². The van der Waals surface area contributed by atoms with E-state index in [1.54, 1.807) is 5.38 Å². The van der Waals surface area contributed by atoms with E-state index in [0.29, 0.717) is 10.7 Å². The van der Waals surface area contributed by atoms with Gasteiger partial charge in [-0.25, -0.2) is 0 Å². The lowest BCUT2D eigenvalue weighted by atomic mass is 10.3. The summed E-state index contributed by atoms with van der Waals surface area (Å²) in [5.74, 6) is -0.288. The molecule has 0 aliphatic heterocycles. The lowest BCUT2D eigenvalue weighted by Gasteiger charge is -2.02. The molecular weight excluding hydrogens is 292 g/mol. The molecule has 0 saturated carbocycles. The number of rotatable bonds is 4. The number of ether oxygens (including phenoxy) is 1. The van der Waals surface area contributed by atoms with Crippen molar-refractivity contribution in [1.82, 2.24) is 4.37 Å². The van der Waals surface area contributed by atoms with Gasteiger partial charge in [-0.1, -0.05) is 11.6 Å². The molecule has 0 N–H and O–H groups in total. The summed E-state index contributed by atoms with van der Waals surface area (Å²) >= 11 is 6.96. The Bertz CT molecular complexity index is 611. The maximum Gasteiger partial charge on any atom is 0.317 e. The molecule has 0 atom stereocenters. The molecule has 1 heterocycles. The molecule has 1 aromatic heterocycles. The molecule has 2 rings (SSSR count). The van der Waals surface area contributed by atoms with Gasteiger partial charge in [0.25, 0.3) is 5.69 Å². The lowest BCUT2D eigenvalue weighted by Crippen LogP contribution is -2.11. The van der Waals surface area contributed by atoms with E-state index in [2.05, 4.69) is 4.37 Å². The molecule has 0 aliphatic rings. The maximum atomic E-state index is 11.6. The zero-order valence-electron chi connectivity index (χ0n) is 9.41. The van der Waals surface area contributed by atoms with E-state index in [9.17, 15) is 14.9 Å². The molecular formula is C11H7ClN2O4S. The van der Waals surface area contributed by atoms with Crippen LogP contribution in [0.2, 0.25) is 5.02 Å². The number of esters is 1. The largest absolute Gasteiger partial charge is 0.426 e. The van der Waals surface area contributed by atoms with Gasteiger partial charge in [-0.2, -0.15) is 4.37 Å².